The van der Waals surface area contributed by atoms with E-state index in [1.54, 1.807) is 6.07 Å². The molecule has 2 aromatic rings. The summed E-state index contributed by atoms with van der Waals surface area (Å²) in [5.74, 6) is 0.679. The van der Waals surface area contributed by atoms with E-state index < -0.39 is 0 Å². The van der Waals surface area contributed by atoms with Crippen LogP contribution in [-0.2, 0) is 6.42 Å². The minimum absolute atomic E-state index is 0.321. The van der Waals surface area contributed by atoms with Crippen molar-refractivity contribution in [2.45, 2.75) is 24.8 Å². The van der Waals surface area contributed by atoms with Gasteiger partial charge < -0.3 is 10.4 Å². The van der Waals surface area contributed by atoms with Crippen molar-refractivity contribution in [2.24, 2.45) is 0 Å². The van der Waals surface area contributed by atoms with Crippen LogP contribution in [0.1, 0.15) is 29.0 Å². The van der Waals surface area contributed by atoms with Gasteiger partial charge >= 0.3 is 0 Å². The van der Waals surface area contributed by atoms with E-state index in [-0.39, 0.29) is 0 Å². The molecule has 0 saturated heterocycles. The van der Waals surface area contributed by atoms with E-state index >= 15 is 0 Å². The van der Waals surface area contributed by atoms with E-state index in [1.807, 2.05) is 19.2 Å². The van der Waals surface area contributed by atoms with E-state index in [2.05, 4.69) is 35.6 Å². The number of rotatable bonds is 2. The zero-order valence-electron chi connectivity index (χ0n) is 11.1. The maximum Gasteiger partial charge on any atom is 0.115 e. The van der Waals surface area contributed by atoms with Gasteiger partial charge in [-0.3, -0.25) is 0 Å². The molecular formula is C17H19NO. The Morgan fingerprint density at radius 3 is 2.63 bits per heavy atom. The highest BCUT2D eigenvalue weighted by Gasteiger charge is 2.29. The number of benzene rings is 2. The first-order valence-corrected chi connectivity index (χ1v) is 6.83. The topological polar surface area (TPSA) is 32.3 Å². The van der Waals surface area contributed by atoms with Crippen molar-refractivity contribution < 1.29 is 5.11 Å². The van der Waals surface area contributed by atoms with E-state index in [0.717, 1.165) is 12.8 Å². The molecule has 1 aliphatic carbocycles. The summed E-state index contributed by atoms with van der Waals surface area (Å²) in [6.45, 7) is 0. The molecule has 0 unspecified atom stereocenters. The Hall–Kier alpha value is -1.80. The lowest BCUT2D eigenvalue weighted by Gasteiger charge is -2.34. The second-order valence-electron chi connectivity index (χ2n) is 5.21. The Balaban J connectivity index is 2.12. The Morgan fingerprint density at radius 2 is 1.89 bits per heavy atom. The van der Waals surface area contributed by atoms with Crippen molar-refractivity contribution in [3.05, 3.63) is 65.2 Å². The fraction of sp³-hybridized carbons (Fsp3) is 0.294. The highest BCUT2D eigenvalue weighted by atomic mass is 16.3. The number of likely N-dealkylation sites (N-methyl/N-ethyl adjacent to an activating group) is 1. The van der Waals surface area contributed by atoms with Crippen molar-refractivity contribution in [2.75, 3.05) is 7.05 Å². The normalized spacial score (nSPS) is 21.9. The van der Waals surface area contributed by atoms with Gasteiger partial charge in [0.1, 0.15) is 5.75 Å². The number of hydrogen-bond donors (Lipinski definition) is 2. The largest absolute Gasteiger partial charge is 0.508 e. The summed E-state index contributed by atoms with van der Waals surface area (Å²) >= 11 is 0. The second kappa shape index (κ2) is 5.06. The average molecular weight is 253 g/mol. The first kappa shape index (κ1) is 12.2. The molecule has 0 heterocycles. The monoisotopic (exact) mass is 253 g/mol. The molecule has 0 aliphatic heterocycles. The predicted molar refractivity (Wildman–Crippen MR) is 77.6 cm³/mol. The quantitative estimate of drug-likeness (QED) is 0.862. The molecule has 0 spiro atoms. The van der Waals surface area contributed by atoms with E-state index in [4.69, 9.17) is 0 Å². The molecule has 2 heteroatoms. The van der Waals surface area contributed by atoms with Gasteiger partial charge in [0, 0.05) is 12.0 Å². The molecule has 0 bridgehead atoms. The van der Waals surface area contributed by atoms with Gasteiger partial charge in [-0.25, -0.2) is 0 Å². The highest BCUT2D eigenvalue weighted by Crippen LogP contribution is 2.38. The maximum atomic E-state index is 9.79. The summed E-state index contributed by atoms with van der Waals surface area (Å²) in [6, 6.07) is 16.8. The summed E-state index contributed by atoms with van der Waals surface area (Å²) in [7, 11) is 2.02. The minimum atomic E-state index is 0.321. The van der Waals surface area contributed by atoms with Crippen LogP contribution in [0, 0.1) is 0 Å². The van der Waals surface area contributed by atoms with Gasteiger partial charge in [0.2, 0.25) is 0 Å². The number of nitrogens with one attached hydrogen (secondary N) is 1. The van der Waals surface area contributed by atoms with Crippen LogP contribution in [0.2, 0.25) is 0 Å². The molecule has 0 fully saturated rings. The van der Waals surface area contributed by atoms with Gasteiger partial charge in [-0.05, 0) is 48.7 Å². The third-order valence-electron chi connectivity index (χ3n) is 4.12. The molecule has 2 aromatic carbocycles. The number of hydrogen-bond acceptors (Lipinski definition) is 2. The summed E-state index contributed by atoms with van der Waals surface area (Å²) in [5.41, 5.74) is 3.93. The van der Waals surface area contributed by atoms with E-state index in [1.165, 1.54) is 16.7 Å². The first-order chi connectivity index (χ1) is 9.29. The summed E-state index contributed by atoms with van der Waals surface area (Å²) in [5, 5.41) is 13.2. The molecule has 2 N–H and O–H groups in total. The smallest absolute Gasteiger partial charge is 0.115 e. The van der Waals surface area contributed by atoms with Crippen molar-refractivity contribution in [3.63, 3.8) is 0 Å². The highest BCUT2D eigenvalue weighted by molar-refractivity contribution is 5.45. The van der Waals surface area contributed by atoms with Crippen LogP contribution in [0.15, 0.2) is 48.5 Å². The fourth-order valence-electron chi connectivity index (χ4n) is 3.18. The van der Waals surface area contributed by atoms with E-state index in [0.29, 0.717) is 17.7 Å². The first-order valence-electron chi connectivity index (χ1n) is 6.83. The van der Waals surface area contributed by atoms with Crippen LogP contribution in [0.4, 0.5) is 0 Å². The van der Waals surface area contributed by atoms with Gasteiger partial charge in [0.25, 0.3) is 0 Å². The fourth-order valence-corrected chi connectivity index (χ4v) is 3.18. The van der Waals surface area contributed by atoms with Gasteiger partial charge in [-0.15, -0.1) is 0 Å². The van der Waals surface area contributed by atoms with Gasteiger partial charge in [0.05, 0.1) is 0 Å². The van der Waals surface area contributed by atoms with Crippen molar-refractivity contribution in [1.29, 1.82) is 0 Å². The van der Waals surface area contributed by atoms with Crippen LogP contribution >= 0.6 is 0 Å². The zero-order chi connectivity index (χ0) is 13.2. The molecular weight excluding hydrogens is 234 g/mol. The van der Waals surface area contributed by atoms with Crippen LogP contribution in [-0.4, -0.2) is 18.2 Å². The molecule has 2 nitrogen and oxygen atoms in total. The molecule has 0 aromatic heterocycles. The summed E-state index contributed by atoms with van der Waals surface area (Å²) < 4.78 is 0. The predicted octanol–water partition coefficient (Wildman–Crippen LogP) is 3.06. The number of fused-ring (bicyclic) bond motifs is 1. The van der Waals surface area contributed by atoms with Crippen molar-refractivity contribution in [3.8, 4) is 5.75 Å². The third-order valence-corrected chi connectivity index (χ3v) is 4.12. The minimum Gasteiger partial charge on any atom is -0.508 e. The lowest BCUT2D eigenvalue weighted by molar-refractivity contribution is 0.441. The number of phenolic OH excluding ortho intramolecular Hbond substituents is 1. The van der Waals surface area contributed by atoms with Gasteiger partial charge in [-0.2, -0.15) is 0 Å². The van der Waals surface area contributed by atoms with Crippen molar-refractivity contribution >= 4 is 0 Å². The molecule has 19 heavy (non-hydrogen) atoms. The lowest BCUT2D eigenvalue weighted by Crippen LogP contribution is -2.36. The summed E-state index contributed by atoms with van der Waals surface area (Å²) in [6.07, 6.45) is 2.21. The molecule has 0 saturated carbocycles. The Morgan fingerprint density at radius 1 is 1.11 bits per heavy atom. The number of phenols is 1. The molecule has 0 radical (unpaired) electrons. The second-order valence-corrected chi connectivity index (χ2v) is 5.21. The van der Waals surface area contributed by atoms with Crippen molar-refractivity contribution in [1.82, 2.24) is 5.32 Å². The molecule has 0 amide bonds. The molecule has 1 aliphatic rings. The Bertz CT molecular complexity index is 565. The zero-order valence-corrected chi connectivity index (χ0v) is 11.1. The molecule has 3 rings (SSSR count). The average Bonchev–Trinajstić information content (AvgIpc) is 2.46. The van der Waals surface area contributed by atoms with Crippen LogP contribution in [0.3, 0.4) is 0 Å². The van der Waals surface area contributed by atoms with Crippen LogP contribution in [0.5, 0.6) is 5.75 Å². The van der Waals surface area contributed by atoms with Gasteiger partial charge in [0.15, 0.2) is 0 Å². The van der Waals surface area contributed by atoms with Crippen LogP contribution in [0.25, 0.3) is 0 Å². The SMILES string of the molecule is CN[C@H]1CCc2ccc(O)cc2[C@H]1c1ccccc1. The third kappa shape index (κ3) is 2.24. The summed E-state index contributed by atoms with van der Waals surface area (Å²) in [4.78, 5) is 0. The lowest BCUT2D eigenvalue weighted by atomic mass is 9.75. The number of aryl methyl sites for hydroxylation is 1. The standard InChI is InChI=1S/C17H19NO/c1-18-16-10-8-12-7-9-14(19)11-15(12)17(16)13-5-3-2-4-6-13/h2-7,9,11,16-19H,8,10H2,1H3/t16-,17+/m0/s1. The number of aromatic hydroxyl groups is 1. The maximum absolute atomic E-state index is 9.79. The van der Waals surface area contributed by atoms with Crippen LogP contribution < -0.4 is 5.32 Å². The van der Waals surface area contributed by atoms with Gasteiger partial charge in [-0.1, -0.05) is 36.4 Å². The molecule has 2 atom stereocenters. The Kier molecular flexibility index (Phi) is 3.26. The van der Waals surface area contributed by atoms with E-state index in [9.17, 15) is 5.11 Å². The Labute approximate surface area is 114 Å². The molecule has 98 valence electrons.